The van der Waals surface area contributed by atoms with E-state index in [1.165, 1.54) is 0 Å². The molecule has 0 amide bonds. The van der Waals surface area contributed by atoms with Crippen molar-refractivity contribution in [3.63, 3.8) is 0 Å². The van der Waals surface area contributed by atoms with Gasteiger partial charge in [-0.15, -0.1) is 0 Å². The van der Waals surface area contributed by atoms with Crippen molar-refractivity contribution in [2.75, 3.05) is 20.2 Å². The molecule has 1 aliphatic heterocycles. The van der Waals surface area contributed by atoms with Gasteiger partial charge in [0.05, 0.1) is 22.9 Å². The van der Waals surface area contributed by atoms with Crippen molar-refractivity contribution in [1.82, 2.24) is 9.88 Å². The number of nitrogens with zero attached hydrogens (tertiary/aromatic N) is 3. The summed E-state index contributed by atoms with van der Waals surface area (Å²) in [6, 6.07) is 4.01. The normalized spacial score (nSPS) is 21.7. The number of pyridine rings is 1. The number of likely N-dealkylation sites (tertiary alicyclic amines) is 1. The molecule has 1 saturated heterocycles. The molecule has 7 heteroatoms. The van der Waals surface area contributed by atoms with Crippen molar-refractivity contribution < 1.29 is 19.1 Å². The largest absolute Gasteiger partial charge is 0.456 e. The minimum Gasteiger partial charge on any atom is -0.456 e. The van der Waals surface area contributed by atoms with E-state index < -0.39 is 6.10 Å². The number of piperidine rings is 1. The molecule has 0 aromatic carbocycles. The summed E-state index contributed by atoms with van der Waals surface area (Å²) in [5, 5.41) is 9.74. The van der Waals surface area contributed by atoms with Crippen LogP contribution in [0.2, 0.25) is 0 Å². The van der Waals surface area contributed by atoms with E-state index in [1.807, 2.05) is 13.0 Å². The first kappa shape index (κ1) is 20.5. The van der Waals surface area contributed by atoms with E-state index in [0.29, 0.717) is 24.5 Å². The number of esters is 1. The number of hydrogen-bond donors (Lipinski definition) is 0. The van der Waals surface area contributed by atoms with Crippen LogP contribution >= 0.6 is 0 Å². The molecule has 158 valence electrons. The zero-order chi connectivity index (χ0) is 21.5. The highest BCUT2D eigenvalue weighted by Crippen LogP contribution is 2.37. The van der Waals surface area contributed by atoms with Crippen molar-refractivity contribution in [1.29, 1.82) is 5.26 Å². The summed E-state index contributed by atoms with van der Waals surface area (Å²) >= 11 is 0. The lowest BCUT2D eigenvalue weighted by molar-refractivity contribution is -0.150. The molecule has 1 aromatic rings. The van der Waals surface area contributed by atoms with Gasteiger partial charge < -0.3 is 14.4 Å². The molecule has 2 aliphatic carbocycles. The third-order valence-corrected chi connectivity index (χ3v) is 6.49. The van der Waals surface area contributed by atoms with Crippen LogP contribution in [0.5, 0.6) is 0 Å². The predicted octanol–water partition coefficient (Wildman–Crippen LogP) is 2.96. The second kappa shape index (κ2) is 7.84. The lowest BCUT2D eigenvalue weighted by Gasteiger charge is -2.41. The van der Waals surface area contributed by atoms with Gasteiger partial charge in [-0.1, -0.05) is 0 Å². The Morgan fingerprint density at radius 3 is 2.67 bits per heavy atom. The van der Waals surface area contributed by atoms with Gasteiger partial charge in [-0.2, -0.15) is 5.26 Å². The van der Waals surface area contributed by atoms with Crippen LogP contribution in [0.1, 0.15) is 62.5 Å². The zero-order valence-corrected chi connectivity index (χ0v) is 17.7. The Morgan fingerprint density at radius 1 is 1.37 bits per heavy atom. The fourth-order valence-electron chi connectivity index (χ4n) is 4.11. The highest BCUT2D eigenvalue weighted by molar-refractivity contribution is 6.09. The van der Waals surface area contributed by atoms with E-state index in [1.54, 1.807) is 13.3 Å². The monoisotopic (exact) mass is 409 g/mol. The second-order valence-corrected chi connectivity index (χ2v) is 8.70. The van der Waals surface area contributed by atoms with E-state index in [4.69, 9.17) is 9.47 Å². The number of nitriles is 1. The molecular weight excluding hydrogens is 382 g/mol. The highest BCUT2D eigenvalue weighted by Gasteiger charge is 2.36. The number of Topliss-reactive ketones (excluding diaryl/α,β-unsaturated/α-hetero) is 1. The maximum absolute atomic E-state index is 12.6. The first-order valence-electron chi connectivity index (χ1n) is 10.5. The Hall–Kier alpha value is -2.72. The number of fused-ring (bicyclic) bond motifs is 1. The van der Waals surface area contributed by atoms with Crippen molar-refractivity contribution in [2.45, 2.75) is 57.7 Å². The number of ether oxygens (including phenoxy) is 2. The number of aromatic nitrogens is 1. The van der Waals surface area contributed by atoms with Crippen LogP contribution < -0.4 is 0 Å². The molecule has 4 rings (SSSR count). The van der Waals surface area contributed by atoms with Crippen molar-refractivity contribution in [2.24, 2.45) is 5.92 Å². The molecule has 1 aromatic heterocycles. The number of carbonyl (C=O) groups is 2. The Bertz CT molecular complexity index is 950. The molecule has 7 nitrogen and oxygen atoms in total. The van der Waals surface area contributed by atoms with Gasteiger partial charge in [0.25, 0.3) is 0 Å². The summed E-state index contributed by atoms with van der Waals surface area (Å²) in [6.07, 6.45) is 4.76. The summed E-state index contributed by atoms with van der Waals surface area (Å²) in [5.41, 5.74) is 2.95. The fraction of sp³-hybridized carbons (Fsp3) is 0.565. The predicted molar refractivity (Wildman–Crippen MR) is 109 cm³/mol. The van der Waals surface area contributed by atoms with Crippen molar-refractivity contribution in [3.05, 3.63) is 34.7 Å². The number of allylic oxidation sites excluding steroid dienone is 1. The van der Waals surface area contributed by atoms with E-state index in [2.05, 4.69) is 22.9 Å². The van der Waals surface area contributed by atoms with Crippen molar-refractivity contribution in [3.8, 4) is 6.07 Å². The summed E-state index contributed by atoms with van der Waals surface area (Å²) < 4.78 is 11.2. The standard InChI is InChI=1S/C23H27N3O4/c1-14(30-22(28)15-4-5-15)19-11-17-16(13-25-19)10-20(27)18(12-24)21(17)26-8-6-23(2,29-3)7-9-26/h11,13-15H,4-10H2,1-3H3. The van der Waals surface area contributed by atoms with Crippen LogP contribution in [-0.4, -0.2) is 47.4 Å². The van der Waals surface area contributed by atoms with Gasteiger partial charge >= 0.3 is 5.97 Å². The summed E-state index contributed by atoms with van der Waals surface area (Å²) in [6.45, 7) is 5.28. The third kappa shape index (κ3) is 3.84. The van der Waals surface area contributed by atoms with Gasteiger partial charge in [-0.3, -0.25) is 14.6 Å². The van der Waals surface area contributed by atoms with Crippen LogP contribution in [-0.2, 0) is 25.5 Å². The molecule has 30 heavy (non-hydrogen) atoms. The molecular formula is C23H27N3O4. The van der Waals surface area contributed by atoms with Crippen LogP contribution in [0.3, 0.4) is 0 Å². The first-order chi connectivity index (χ1) is 14.3. The van der Waals surface area contributed by atoms with Gasteiger partial charge in [0.2, 0.25) is 0 Å². The molecule has 0 spiro atoms. The zero-order valence-electron chi connectivity index (χ0n) is 17.7. The molecule has 1 atom stereocenters. The smallest absolute Gasteiger partial charge is 0.309 e. The molecule has 3 aliphatic rings. The molecule has 2 heterocycles. The van der Waals surface area contributed by atoms with E-state index in [9.17, 15) is 14.9 Å². The van der Waals surface area contributed by atoms with Gasteiger partial charge in [-0.25, -0.2) is 0 Å². The number of hydrogen-bond acceptors (Lipinski definition) is 7. The third-order valence-electron chi connectivity index (χ3n) is 6.49. The number of methoxy groups -OCH3 is 1. The first-order valence-corrected chi connectivity index (χ1v) is 10.5. The van der Waals surface area contributed by atoms with E-state index in [0.717, 1.165) is 36.8 Å². The SMILES string of the molecule is COC1(C)CCN(C2=C(C#N)C(=O)Cc3cnc(C(C)OC(=O)C4CC4)cc32)CC1. The van der Waals surface area contributed by atoms with E-state index in [-0.39, 0.29) is 35.3 Å². The average Bonchev–Trinajstić information content (AvgIpc) is 3.58. The summed E-state index contributed by atoms with van der Waals surface area (Å²) in [5.74, 6) is -0.338. The van der Waals surface area contributed by atoms with Gasteiger partial charge in [-0.05, 0) is 51.2 Å². The maximum atomic E-state index is 12.6. The van der Waals surface area contributed by atoms with Crippen LogP contribution in [0.4, 0.5) is 0 Å². The number of rotatable bonds is 5. The maximum Gasteiger partial charge on any atom is 0.309 e. The minimum absolute atomic E-state index is 0.0202. The van der Waals surface area contributed by atoms with Gasteiger partial charge in [0.1, 0.15) is 17.7 Å². The molecule has 1 saturated carbocycles. The topological polar surface area (TPSA) is 92.5 Å². The summed E-state index contributed by atoms with van der Waals surface area (Å²) in [7, 11) is 1.72. The highest BCUT2D eigenvalue weighted by atomic mass is 16.5. The Balaban J connectivity index is 1.66. The van der Waals surface area contributed by atoms with Crippen LogP contribution in [0, 0.1) is 17.2 Å². The molecule has 2 fully saturated rings. The fourth-order valence-corrected chi connectivity index (χ4v) is 4.11. The quantitative estimate of drug-likeness (QED) is 0.690. The molecule has 1 unspecified atom stereocenters. The lowest BCUT2D eigenvalue weighted by atomic mass is 9.86. The van der Waals surface area contributed by atoms with Gasteiger partial charge in [0, 0.05) is 38.4 Å². The molecule has 0 radical (unpaired) electrons. The summed E-state index contributed by atoms with van der Waals surface area (Å²) in [4.78, 5) is 31.3. The number of ketones is 1. The average molecular weight is 409 g/mol. The molecule has 0 N–H and O–H groups in total. The molecule has 0 bridgehead atoms. The van der Waals surface area contributed by atoms with Crippen molar-refractivity contribution >= 4 is 17.4 Å². The second-order valence-electron chi connectivity index (χ2n) is 8.70. The lowest BCUT2D eigenvalue weighted by Crippen LogP contribution is -2.43. The Kier molecular flexibility index (Phi) is 5.37. The van der Waals surface area contributed by atoms with E-state index >= 15 is 0 Å². The van der Waals surface area contributed by atoms with Crippen LogP contribution in [0.25, 0.3) is 5.70 Å². The minimum atomic E-state index is -0.481. The number of carbonyl (C=O) groups excluding carboxylic acids is 2. The van der Waals surface area contributed by atoms with Gasteiger partial charge in [0.15, 0.2) is 5.78 Å². The van der Waals surface area contributed by atoms with Crippen LogP contribution in [0.15, 0.2) is 17.8 Å². The Morgan fingerprint density at radius 2 is 2.07 bits per heavy atom. The Labute approximate surface area is 176 Å².